The van der Waals surface area contributed by atoms with Crippen LogP contribution in [-0.2, 0) is 11.3 Å². The second kappa shape index (κ2) is 5.78. The van der Waals surface area contributed by atoms with Crippen LogP contribution < -0.4 is 0 Å². The zero-order valence-corrected chi connectivity index (χ0v) is 12.7. The summed E-state index contributed by atoms with van der Waals surface area (Å²) in [7, 11) is 0. The zero-order valence-electron chi connectivity index (χ0n) is 12.7. The number of carbonyl (C=O) groups is 1. The highest BCUT2D eigenvalue weighted by Gasteiger charge is 2.13. The molecule has 0 saturated heterocycles. The van der Waals surface area contributed by atoms with E-state index in [1.54, 1.807) is 30.6 Å². The Morgan fingerprint density at radius 1 is 1.28 bits per heavy atom. The molecule has 0 amide bonds. The van der Waals surface area contributed by atoms with Crippen molar-refractivity contribution >= 4 is 16.9 Å². The Morgan fingerprint density at radius 2 is 2.16 bits per heavy atom. The van der Waals surface area contributed by atoms with Crippen LogP contribution in [0.1, 0.15) is 0 Å². The molecule has 0 bridgehead atoms. The van der Waals surface area contributed by atoms with Crippen LogP contribution in [0.4, 0.5) is 4.39 Å². The molecule has 0 radical (unpaired) electrons. The van der Waals surface area contributed by atoms with Gasteiger partial charge in [-0.2, -0.15) is 14.6 Å². The summed E-state index contributed by atoms with van der Waals surface area (Å²) in [5.41, 5.74) is 2.87. The minimum Gasteiger partial charge on any atom is -0.480 e. The predicted octanol–water partition coefficient (Wildman–Crippen LogP) is 2.11. The molecule has 0 aliphatic heterocycles. The van der Waals surface area contributed by atoms with E-state index in [-0.39, 0.29) is 6.54 Å². The zero-order chi connectivity index (χ0) is 17.4. The van der Waals surface area contributed by atoms with Gasteiger partial charge in [-0.05, 0) is 18.2 Å². The molecule has 0 aliphatic carbocycles. The Kier molecular flexibility index (Phi) is 3.46. The Labute approximate surface area is 140 Å². The van der Waals surface area contributed by atoms with Crippen LogP contribution in [0.15, 0.2) is 42.9 Å². The van der Waals surface area contributed by atoms with E-state index in [0.717, 1.165) is 5.39 Å². The van der Waals surface area contributed by atoms with Gasteiger partial charge in [0.15, 0.2) is 0 Å². The third kappa shape index (κ3) is 2.82. The number of aliphatic carboxylic acids is 1. The van der Waals surface area contributed by atoms with Crippen molar-refractivity contribution in [1.29, 1.82) is 0 Å². The molecule has 4 rings (SSSR count). The molecule has 0 spiro atoms. The quantitative estimate of drug-likeness (QED) is 0.552. The second-order valence-electron chi connectivity index (χ2n) is 5.35. The highest BCUT2D eigenvalue weighted by atomic mass is 19.1. The number of carboxylic acids is 1. The Bertz CT molecular complexity index is 1090. The number of halogens is 1. The maximum Gasteiger partial charge on any atom is 0.325 e. The van der Waals surface area contributed by atoms with Gasteiger partial charge in [-0.25, -0.2) is 4.98 Å². The Morgan fingerprint density at radius 3 is 2.96 bits per heavy atom. The maximum absolute atomic E-state index is 13.4. The van der Waals surface area contributed by atoms with Crippen molar-refractivity contribution in [2.45, 2.75) is 6.54 Å². The van der Waals surface area contributed by atoms with Crippen molar-refractivity contribution in [3.8, 4) is 22.6 Å². The highest BCUT2D eigenvalue weighted by molar-refractivity contribution is 5.93. The standard InChI is InChI=1S/C16H11FN6O2/c17-14-3-1-2-11(20-14)16-10-4-12(18-6-13(10)21-22-16)9-5-19-23(7-9)8-15(24)25/h1-7H,8H2,(H,21,22)(H,24,25). The van der Waals surface area contributed by atoms with Crippen molar-refractivity contribution < 1.29 is 14.3 Å². The van der Waals surface area contributed by atoms with Gasteiger partial charge in [0.25, 0.3) is 0 Å². The number of hydrogen-bond acceptors (Lipinski definition) is 5. The normalized spacial score (nSPS) is 11.1. The van der Waals surface area contributed by atoms with E-state index in [2.05, 4.69) is 25.3 Å². The summed E-state index contributed by atoms with van der Waals surface area (Å²) < 4.78 is 14.7. The van der Waals surface area contributed by atoms with Gasteiger partial charge in [-0.1, -0.05) is 6.07 Å². The predicted molar refractivity (Wildman–Crippen MR) is 85.9 cm³/mol. The molecule has 0 fully saturated rings. The topological polar surface area (TPSA) is 110 Å². The van der Waals surface area contributed by atoms with Crippen molar-refractivity contribution in [2.24, 2.45) is 0 Å². The number of aromatic amines is 1. The largest absolute Gasteiger partial charge is 0.480 e. The number of rotatable bonds is 4. The summed E-state index contributed by atoms with van der Waals surface area (Å²) in [6.45, 7) is -0.230. The van der Waals surface area contributed by atoms with Crippen LogP contribution in [-0.4, -0.2) is 41.0 Å². The summed E-state index contributed by atoms with van der Waals surface area (Å²) in [5.74, 6) is -1.56. The third-order valence-corrected chi connectivity index (χ3v) is 3.63. The van der Waals surface area contributed by atoms with Gasteiger partial charge in [0.05, 0.1) is 29.3 Å². The van der Waals surface area contributed by atoms with Crippen LogP contribution in [0.3, 0.4) is 0 Å². The van der Waals surface area contributed by atoms with E-state index in [0.29, 0.717) is 28.2 Å². The van der Waals surface area contributed by atoms with E-state index in [1.165, 1.54) is 16.9 Å². The van der Waals surface area contributed by atoms with Crippen LogP contribution >= 0.6 is 0 Å². The number of pyridine rings is 2. The fourth-order valence-electron chi connectivity index (χ4n) is 2.53. The number of nitrogens with one attached hydrogen (secondary N) is 1. The number of nitrogens with zero attached hydrogens (tertiary/aromatic N) is 5. The minimum absolute atomic E-state index is 0.230. The SMILES string of the molecule is O=C(O)Cn1cc(-c2cc3c(-c4cccc(F)n4)n[nH]c3cn2)cn1. The summed E-state index contributed by atoms with van der Waals surface area (Å²) in [6.07, 6.45) is 4.74. The molecule has 124 valence electrons. The van der Waals surface area contributed by atoms with E-state index >= 15 is 0 Å². The van der Waals surface area contributed by atoms with E-state index < -0.39 is 11.9 Å². The van der Waals surface area contributed by atoms with Crippen molar-refractivity contribution in [1.82, 2.24) is 29.9 Å². The van der Waals surface area contributed by atoms with Crippen molar-refractivity contribution in [3.63, 3.8) is 0 Å². The Balaban J connectivity index is 1.78. The molecule has 9 heteroatoms. The third-order valence-electron chi connectivity index (χ3n) is 3.63. The molecule has 0 aromatic carbocycles. The lowest BCUT2D eigenvalue weighted by Crippen LogP contribution is -2.08. The number of aromatic nitrogens is 6. The number of carboxylic acid groups (broad SMARTS) is 1. The van der Waals surface area contributed by atoms with Gasteiger partial charge in [0, 0.05) is 17.1 Å². The molecule has 0 atom stereocenters. The molecule has 0 aliphatic rings. The van der Waals surface area contributed by atoms with Gasteiger partial charge in [-0.3, -0.25) is 19.6 Å². The summed E-state index contributed by atoms with van der Waals surface area (Å²) >= 11 is 0. The van der Waals surface area contributed by atoms with E-state index in [1.807, 2.05) is 0 Å². The lowest BCUT2D eigenvalue weighted by molar-refractivity contribution is -0.137. The van der Waals surface area contributed by atoms with E-state index in [4.69, 9.17) is 5.11 Å². The van der Waals surface area contributed by atoms with Gasteiger partial charge >= 0.3 is 5.97 Å². The molecule has 0 unspecified atom stereocenters. The molecule has 4 aromatic rings. The first-order valence-electron chi connectivity index (χ1n) is 7.32. The molecule has 4 heterocycles. The molecular weight excluding hydrogens is 327 g/mol. The van der Waals surface area contributed by atoms with Crippen molar-refractivity contribution in [2.75, 3.05) is 0 Å². The smallest absolute Gasteiger partial charge is 0.325 e. The number of H-pyrrole nitrogens is 1. The summed E-state index contributed by atoms with van der Waals surface area (Å²) in [4.78, 5) is 18.9. The Hall–Kier alpha value is -3.62. The molecule has 2 N–H and O–H groups in total. The van der Waals surface area contributed by atoms with Crippen LogP contribution in [0.2, 0.25) is 0 Å². The number of fused-ring (bicyclic) bond motifs is 1. The average Bonchev–Trinajstić information content (AvgIpc) is 3.20. The van der Waals surface area contributed by atoms with Crippen LogP contribution in [0, 0.1) is 5.95 Å². The maximum atomic E-state index is 13.4. The van der Waals surface area contributed by atoms with Crippen LogP contribution in [0.5, 0.6) is 0 Å². The van der Waals surface area contributed by atoms with E-state index in [9.17, 15) is 9.18 Å². The first-order chi connectivity index (χ1) is 12.1. The second-order valence-corrected chi connectivity index (χ2v) is 5.35. The first-order valence-corrected chi connectivity index (χ1v) is 7.32. The lowest BCUT2D eigenvalue weighted by atomic mass is 10.1. The van der Waals surface area contributed by atoms with Gasteiger partial charge in [0.2, 0.25) is 5.95 Å². The summed E-state index contributed by atoms with van der Waals surface area (Å²) in [6, 6.07) is 6.28. The van der Waals surface area contributed by atoms with Crippen molar-refractivity contribution in [3.05, 3.63) is 48.8 Å². The van der Waals surface area contributed by atoms with Gasteiger partial charge < -0.3 is 5.11 Å². The molecule has 25 heavy (non-hydrogen) atoms. The van der Waals surface area contributed by atoms with Gasteiger partial charge in [0.1, 0.15) is 12.2 Å². The first kappa shape index (κ1) is 14.9. The average molecular weight is 338 g/mol. The van der Waals surface area contributed by atoms with Crippen LogP contribution in [0.25, 0.3) is 33.5 Å². The molecule has 0 saturated carbocycles. The summed E-state index contributed by atoms with van der Waals surface area (Å²) in [5, 5.41) is 20.6. The molecule has 8 nitrogen and oxygen atoms in total. The highest BCUT2D eigenvalue weighted by Crippen LogP contribution is 2.28. The minimum atomic E-state index is -0.979. The van der Waals surface area contributed by atoms with Gasteiger partial charge in [-0.15, -0.1) is 0 Å². The number of hydrogen-bond donors (Lipinski definition) is 2. The fourth-order valence-corrected chi connectivity index (χ4v) is 2.53. The monoisotopic (exact) mass is 338 g/mol. The molecule has 4 aromatic heterocycles. The fraction of sp³-hybridized carbons (Fsp3) is 0.0625. The molecular formula is C16H11FN6O2. The lowest BCUT2D eigenvalue weighted by Gasteiger charge is -2.00.